The maximum absolute atomic E-state index is 5.37. The molecule has 3 aromatic rings. The molecule has 1 fully saturated rings. The Morgan fingerprint density at radius 2 is 2.00 bits per heavy atom. The Hall–Kier alpha value is -2.45. The number of nitrogens with zero attached hydrogens (tertiary/aromatic N) is 6. The second-order valence-corrected chi connectivity index (χ2v) is 7.95. The van der Waals surface area contributed by atoms with Gasteiger partial charge in [-0.15, -0.1) is 16.4 Å². The van der Waals surface area contributed by atoms with Crippen molar-refractivity contribution in [3.63, 3.8) is 0 Å². The van der Waals surface area contributed by atoms with Gasteiger partial charge >= 0.3 is 0 Å². The molecule has 0 N–H and O–H groups in total. The zero-order chi connectivity index (χ0) is 19.3. The number of tetrazole rings is 1. The van der Waals surface area contributed by atoms with Gasteiger partial charge in [-0.1, -0.05) is 19.1 Å². The van der Waals surface area contributed by atoms with Gasteiger partial charge in [-0.3, -0.25) is 4.90 Å². The number of rotatable bonds is 7. The van der Waals surface area contributed by atoms with E-state index in [4.69, 9.17) is 4.74 Å². The van der Waals surface area contributed by atoms with Crippen LogP contribution in [0.5, 0.6) is 5.75 Å². The van der Waals surface area contributed by atoms with Crippen molar-refractivity contribution in [3.05, 3.63) is 52.5 Å². The fraction of sp³-hybridized carbons (Fsp3) is 0.450. The van der Waals surface area contributed by atoms with Gasteiger partial charge in [-0.2, -0.15) is 0 Å². The molecular weight excluding hydrogens is 372 g/mol. The van der Waals surface area contributed by atoms with E-state index in [2.05, 4.69) is 61.9 Å². The predicted molar refractivity (Wildman–Crippen MR) is 111 cm³/mol. The van der Waals surface area contributed by atoms with E-state index in [1.807, 2.05) is 16.8 Å². The first kappa shape index (κ1) is 18.9. The fourth-order valence-corrected chi connectivity index (χ4v) is 4.50. The Kier molecular flexibility index (Phi) is 5.87. The highest BCUT2D eigenvalue weighted by molar-refractivity contribution is 7.09. The van der Waals surface area contributed by atoms with Crippen molar-refractivity contribution in [1.82, 2.24) is 25.1 Å². The molecule has 0 aliphatic carbocycles. The highest BCUT2D eigenvalue weighted by Crippen LogP contribution is 2.27. The lowest BCUT2D eigenvalue weighted by atomic mass is 10.1. The zero-order valence-electron chi connectivity index (χ0n) is 16.4. The number of aromatic nitrogens is 4. The van der Waals surface area contributed by atoms with E-state index in [1.54, 1.807) is 18.4 Å². The average Bonchev–Trinajstić information content (AvgIpc) is 3.42. The zero-order valence-corrected chi connectivity index (χ0v) is 17.2. The summed E-state index contributed by atoms with van der Waals surface area (Å²) in [4.78, 5) is 6.19. The van der Waals surface area contributed by atoms with Crippen molar-refractivity contribution in [2.75, 3.05) is 38.2 Å². The molecule has 0 spiro atoms. The molecule has 4 rings (SSSR count). The van der Waals surface area contributed by atoms with Crippen LogP contribution < -0.4 is 9.64 Å². The van der Waals surface area contributed by atoms with Crippen LogP contribution in [0.15, 0.2) is 41.8 Å². The summed E-state index contributed by atoms with van der Waals surface area (Å²) in [7, 11) is 1.71. The minimum Gasteiger partial charge on any atom is -0.497 e. The van der Waals surface area contributed by atoms with Gasteiger partial charge < -0.3 is 9.64 Å². The highest BCUT2D eigenvalue weighted by Gasteiger charge is 2.28. The molecule has 1 aliphatic heterocycles. The maximum Gasteiger partial charge on any atom is 0.168 e. The van der Waals surface area contributed by atoms with Crippen LogP contribution in [-0.2, 0) is 6.54 Å². The van der Waals surface area contributed by atoms with Gasteiger partial charge in [0.2, 0.25) is 0 Å². The van der Waals surface area contributed by atoms with Gasteiger partial charge in [-0.05, 0) is 40.4 Å². The monoisotopic (exact) mass is 398 g/mol. The number of anilines is 1. The SMILES string of the molecule is CCC(c1nnnn1Cc1cccs1)N1CCN(c2cccc(OC)c2)CC1. The molecule has 1 unspecified atom stereocenters. The molecule has 0 amide bonds. The molecule has 148 valence electrons. The topological polar surface area (TPSA) is 59.3 Å². The molecule has 1 atom stereocenters. The number of hydrogen-bond donors (Lipinski definition) is 0. The fourth-order valence-electron chi connectivity index (χ4n) is 3.82. The second-order valence-electron chi connectivity index (χ2n) is 6.92. The minimum atomic E-state index is 0.238. The number of hydrogen-bond acceptors (Lipinski definition) is 7. The van der Waals surface area contributed by atoms with Gasteiger partial charge in [0.25, 0.3) is 0 Å². The summed E-state index contributed by atoms with van der Waals surface area (Å²) < 4.78 is 7.32. The third kappa shape index (κ3) is 4.02. The molecule has 2 aromatic heterocycles. The first-order valence-electron chi connectivity index (χ1n) is 9.70. The molecule has 0 saturated carbocycles. The number of thiophene rings is 1. The van der Waals surface area contributed by atoms with Crippen LogP contribution in [0.4, 0.5) is 5.69 Å². The standard InChI is InChI=1S/C20H26N6OS/c1-3-19(20-21-22-23-26(20)15-18-8-5-13-28-18)25-11-9-24(10-12-25)16-6-4-7-17(14-16)27-2/h4-8,13-14,19H,3,9-12,15H2,1-2H3. The largest absolute Gasteiger partial charge is 0.497 e. The first-order chi connectivity index (χ1) is 13.8. The van der Waals surface area contributed by atoms with Gasteiger partial charge in [0, 0.05) is 42.8 Å². The molecule has 7 nitrogen and oxygen atoms in total. The lowest BCUT2D eigenvalue weighted by molar-refractivity contribution is 0.169. The summed E-state index contributed by atoms with van der Waals surface area (Å²) in [6.45, 7) is 6.89. The van der Waals surface area contributed by atoms with Crippen molar-refractivity contribution >= 4 is 17.0 Å². The Morgan fingerprint density at radius 3 is 2.71 bits per heavy atom. The maximum atomic E-state index is 5.37. The van der Waals surface area contributed by atoms with Crippen LogP contribution in [0.1, 0.15) is 30.1 Å². The Bertz CT molecular complexity index is 872. The average molecular weight is 399 g/mol. The lowest BCUT2D eigenvalue weighted by Crippen LogP contribution is -2.48. The van der Waals surface area contributed by atoms with Gasteiger partial charge in [0.1, 0.15) is 5.75 Å². The summed E-state index contributed by atoms with van der Waals surface area (Å²) in [5.41, 5.74) is 1.22. The molecule has 8 heteroatoms. The van der Waals surface area contributed by atoms with Crippen molar-refractivity contribution in [3.8, 4) is 5.75 Å². The minimum absolute atomic E-state index is 0.238. The first-order valence-corrected chi connectivity index (χ1v) is 10.6. The molecule has 0 radical (unpaired) electrons. The third-order valence-electron chi connectivity index (χ3n) is 5.30. The summed E-state index contributed by atoms with van der Waals surface area (Å²) in [5, 5.41) is 14.7. The molecule has 1 saturated heterocycles. The van der Waals surface area contributed by atoms with Crippen LogP contribution in [0, 0.1) is 0 Å². The summed E-state index contributed by atoms with van der Waals surface area (Å²) >= 11 is 1.74. The number of methoxy groups -OCH3 is 1. The molecule has 0 bridgehead atoms. The molecular formula is C20H26N6OS. The third-order valence-corrected chi connectivity index (χ3v) is 6.16. The van der Waals surface area contributed by atoms with Crippen molar-refractivity contribution in [2.45, 2.75) is 25.9 Å². The summed E-state index contributed by atoms with van der Waals surface area (Å²) in [6.07, 6.45) is 0.990. The van der Waals surface area contributed by atoms with Crippen LogP contribution in [0.2, 0.25) is 0 Å². The summed E-state index contributed by atoms with van der Waals surface area (Å²) in [5.74, 6) is 1.87. The van der Waals surface area contributed by atoms with E-state index in [9.17, 15) is 0 Å². The molecule has 3 heterocycles. The van der Waals surface area contributed by atoms with Crippen molar-refractivity contribution < 1.29 is 4.74 Å². The molecule has 28 heavy (non-hydrogen) atoms. The van der Waals surface area contributed by atoms with Gasteiger partial charge in [0.05, 0.1) is 19.7 Å². The number of benzene rings is 1. The van der Waals surface area contributed by atoms with E-state index in [-0.39, 0.29) is 6.04 Å². The van der Waals surface area contributed by atoms with E-state index >= 15 is 0 Å². The van der Waals surface area contributed by atoms with E-state index < -0.39 is 0 Å². The van der Waals surface area contributed by atoms with Crippen LogP contribution in [-0.4, -0.2) is 58.4 Å². The Morgan fingerprint density at radius 1 is 1.14 bits per heavy atom. The Balaban J connectivity index is 1.44. The predicted octanol–water partition coefficient (Wildman–Crippen LogP) is 3.06. The molecule has 1 aliphatic rings. The normalized spacial score (nSPS) is 16.3. The smallest absolute Gasteiger partial charge is 0.168 e. The van der Waals surface area contributed by atoms with Crippen LogP contribution in [0.25, 0.3) is 0 Å². The molecule has 1 aromatic carbocycles. The number of piperazine rings is 1. The quantitative estimate of drug-likeness (QED) is 0.610. The highest BCUT2D eigenvalue weighted by atomic mass is 32.1. The van der Waals surface area contributed by atoms with Crippen molar-refractivity contribution in [1.29, 1.82) is 0 Å². The van der Waals surface area contributed by atoms with Gasteiger partial charge in [0.15, 0.2) is 5.82 Å². The van der Waals surface area contributed by atoms with E-state index in [0.717, 1.165) is 50.7 Å². The second kappa shape index (κ2) is 8.70. The van der Waals surface area contributed by atoms with E-state index in [1.165, 1.54) is 10.6 Å². The van der Waals surface area contributed by atoms with Crippen LogP contribution in [0.3, 0.4) is 0 Å². The number of ether oxygens (including phenoxy) is 1. The van der Waals surface area contributed by atoms with Crippen LogP contribution >= 0.6 is 11.3 Å². The summed E-state index contributed by atoms with van der Waals surface area (Å²) in [6, 6.07) is 12.7. The Labute approximate surface area is 169 Å². The lowest BCUT2D eigenvalue weighted by Gasteiger charge is -2.39. The van der Waals surface area contributed by atoms with E-state index in [0.29, 0.717) is 0 Å². The van der Waals surface area contributed by atoms with Crippen molar-refractivity contribution in [2.24, 2.45) is 0 Å². The van der Waals surface area contributed by atoms with Gasteiger partial charge in [-0.25, -0.2) is 4.68 Å².